The molecular weight excluding hydrogens is 220 g/mol. The predicted molar refractivity (Wildman–Crippen MR) is 63.9 cm³/mol. The van der Waals surface area contributed by atoms with Crippen molar-refractivity contribution >= 4 is 5.95 Å². The average molecular weight is 240 g/mol. The molecule has 2 rings (SSSR count). The lowest BCUT2D eigenvalue weighted by atomic mass is 10.0. The first-order valence-corrected chi connectivity index (χ1v) is 5.99. The second kappa shape index (κ2) is 5.01. The highest BCUT2D eigenvalue weighted by atomic mass is 16.5. The first kappa shape index (κ1) is 12.3. The molecule has 0 saturated carbocycles. The molecule has 2 N–H and O–H groups in total. The second-order valence-corrected chi connectivity index (χ2v) is 5.08. The number of aromatic nitrogens is 2. The Kier molecular flexibility index (Phi) is 3.63. The van der Waals surface area contributed by atoms with Gasteiger partial charge in [0.1, 0.15) is 0 Å². The van der Waals surface area contributed by atoms with Crippen molar-refractivity contribution in [3.63, 3.8) is 0 Å². The normalized spacial score (nSPS) is 17.5. The molecule has 0 aliphatic carbocycles. The molecule has 1 aliphatic heterocycles. The van der Waals surface area contributed by atoms with Crippen LogP contribution in [0.25, 0.3) is 0 Å². The Labute approximate surface area is 101 Å². The van der Waals surface area contributed by atoms with Crippen LogP contribution in [0.15, 0.2) is 4.52 Å². The molecule has 0 spiro atoms. The van der Waals surface area contributed by atoms with Crippen LogP contribution < -0.4 is 10.6 Å². The molecule has 6 heteroatoms. The Morgan fingerprint density at radius 3 is 2.71 bits per heavy atom. The molecule has 0 atom stereocenters. The molecule has 2 heterocycles. The minimum atomic E-state index is -0.201. The quantitative estimate of drug-likeness (QED) is 0.829. The van der Waals surface area contributed by atoms with E-state index in [1.54, 1.807) is 0 Å². The third-order valence-corrected chi connectivity index (χ3v) is 2.73. The smallest absolute Gasteiger partial charge is 0.266 e. The van der Waals surface area contributed by atoms with Crippen molar-refractivity contribution in [2.75, 3.05) is 31.2 Å². The number of rotatable bonds is 4. The van der Waals surface area contributed by atoms with Crippen LogP contribution in [-0.4, -0.2) is 42.0 Å². The standard InChI is InChI=1S/C11H20N4O2/c1-11(2,12)4-3-9-13-10(14-17-9)15-5-7-16-8-6-15/h3-8,12H2,1-2H3. The fourth-order valence-electron chi connectivity index (χ4n) is 1.67. The lowest BCUT2D eigenvalue weighted by molar-refractivity contribution is 0.121. The number of hydrogen-bond donors (Lipinski definition) is 1. The largest absolute Gasteiger partial charge is 0.378 e. The summed E-state index contributed by atoms with van der Waals surface area (Å²) in [5.74, 6) is 1.32. The van der Waals surface area contributed by atoms with E-state index in [4.69, 9.17) is 15.0 Å². The molecule has 96 valence electrons. The van der Waals surface area contributed by atoms with Gasteiger partial charge in [-0.1, -0.05) is 0 Å². The molecule has 17 heavy (non-hydrogen) atoms. The van der Waals surface area contributed by atoms with Gasteiger partial charge in [0, 0.05) is 25.0 Å². The molecule has 0 radical (unpaired) electrons. The van der Waals surface area contributed by atoms with E-state index < -0.39 is 0 Å². The Balaban J connectivity index is 1.91. The van der Waals surface area contributed by atoms with Crippen LogP contribution in [0.3, 0.4) is 0 Å². The molecule has 0 amide bonds. The Bertz CT molecular complexity index is 353. The number of aryl methyl sites for hydroxylation is 1. The number of ether oxygens (including phenoxy) is 1. The molecule has 1 aromatic rings. The Morgan fingerprint density at radius 2 is 2.06 bits per heavy atom. The van der Waals surface area contributed by atoms with E-state index in [9.17, 15) is 0 Å². The Morgan fingerprint density at radius 1 is 1.35 bits per heavy atom. The number of morpholine rings is 1. The van der Waals surface area contributed by atoms with Crippen LogP contribution >= 0.6 is 0 Å². The highest BCUT2D eigenvalue weighted by Gasteiger charge is 2.18. The average Bonchev–Trinajstić information content (AvgIpc) is 2.75. The molecule has 0 aromatic carbocycles. The van der Waals surface area contributed by atoms with Crippen molar-refractivity contribution in [2.45, 2.75) is 32.2 Å². The zero-order valence-electron chi connectivity index (χ0n) is 10.5. The zero-order valence-corrected chi connectivity index (χ0v) is 10.5. The van der Waals surface area contributed by atoms with Gasteiger partial charge in [-0.05, 0) is 25.4 Å². The number of hydrogen-bond acceptors (Lipinski definition) is 6. The van der Waals surface area contributed by atoms with Crippen LogP contribution in [0.4, 0.5) is 5.95 Å². The van der Waals surface area contributed by atoms with Gasteiger partial charge in [0.05, 0.1) is 13.2 Å². The lowest BCUT2D eigenvalue weighted by Gasteiger charge is -2.24. The summed E-state index contributed by atoms with van der Waals surface area (Å²) in [6, 6.07) is 0. The van der Waals surface area contributed by atoms with E-state index in [0.717, 1.165) is 39.1 Å². The van der Waals surface area contributed by atoms with E-state index in [1.165, 1.54) is 0 Å². The van der Waals surface area contributed by atoms with Gasteiger partial charge >= 0.3 is 0 Å². The van der Waals surface area contributed by atoms with Crippen LogP contribution in [-0.2, 0) is 11.2 Å². The summed E-state index contributed by atoms with van der Waals surface area (Å²) in [4.78, 5) is 6.45. The van der Waals surface area contributed by atoms with Crippen molar-refractivity contribution in [2.24, 2.45) is 5.73 Å². The van der Waals surface area contributed by atoms with Gasteiger partial charge in [-0.15, -0.1) is 0 Å². The van der Waals surface area contributed by atoms with Crippen molar-refractivity contribution in [1.82, 2.24) is 10.1 Å². The summed E-state index contributed by atoms with van der Waals surface area (Å²) in [5, 5.41) is 3.98. The maximum atomic E-state index is 5.92. The van der Waals surface area contributed by atoms with Gasteiger partial charge in [0.2, 0.25) is 5.89 Å². The van der Waals surface area contributed by atoms with Crippen LogP contribution in [0.1, 0.15) is 26.2 Å². The SMILES string of the molecule is CC(C)(N)CCc1nc(N2CCOCC2)no1. The minimum Gasteiger partial charge on any atom is -0.378 e. The number of nitrogens with zero attached hydrogens (tertiary/aromatic N) is 3. The summed E-state index contributed by atoms with van der Waals surface area (Å²) < 4.78 is 10.5. The Hall–Kier alpha value is -1.14. The summed E-state index contributed by atoms with van der Waals surface area (Å²) >= 11 is 0. The van der Waals surface area contributed by atoms with Crippen LogP contribution in [0, 0.1) is 0 Å². The van der Waals surface area contributed by atoms with Gasteiger partial charge in [0.15, 0.2) is 0 Å². The first-order chi connectivity index (χ1) is 8.04. The van der Waals surface area contributed by atoms with E-state index in [0.29, 0.717) is 11.8 Å². The highest BCUT2D eigenvalue weighted by Crippen LogP contribution is 2.14. The molecular formula is C11H20N4O2. The van der Waals surface area contributed by atoms with Gasteiger partial charge in [-0.2, -0.15) is 4.98 Å². The fourth-order valence-corrected chi connectivity index (χ4v) is 1.67. The van der Waals surface area contributed by atoms with E-state index in [-0.39, 0.29) is 5.54 Å². The number of nitrogens with two attached hydrogens (primary N) is 1. The zero-order chi connectivity index (χ0) is 12.3. The highest BCUT2D eigenvalue weighted by molar-refractivity contribution is 5.27. The van der Waals surface area contributed by atoms with Gasteiger partial charge in [-0.25, -0.2) is 0 Å². The van der Waals surface area contributed by atoms with E-state index >= 15 is 0 Å². The molecule has 1 aromatic heterocycles. The van der Waals surface area contributed by atoms with Crippen molar-refractivity contribution < 1.29 is 9.26 Å². The maximum Gasteiger partial charge on any atom is 0.266 e. The van der Waals surface area contributed by atoms with Gasteiger partial charge in [-0.3, -0.25) is 0 Å². The van der Waals surface area contributed by atoms with Gasteiger partial charge < -0.3 is 19.9 Å². The second-order valence-electron chi connectivity index (χ2n) is 5.08. The first-order valence-electron chi connectivity index (χ1n) is 5.99. The summed E-state index contributed by atoms with van der Waals surface area (Å²) in [7, 11) is 0. The molecule has 1 fully saturated rings. The molecule has 6 nitrogen and oxygen atoms in total. The number of anilines is 1. The summed E-state index contributed by atoms with van der Waals surface area (Å²) in [6.07, 6.45) is 1.55. The third kappa shape index (κ3) is 3.67. The molecule has 1 aliphatic rings. The topological polar surface area (TPSA) is 77.4 Å². The fraction of sp³-hybridized carbons (Fsp3) is 0.818. The lowest BCUT2D eigenvalue weighted by Crippen LogP contribution is -2.36. The van der Waals surface area contributed by atoms with Crippen molar-refractivity contribution in [3.8, 4) is 0 Å². The van der Waals surface area contributed by atoms with Crippen LogP contribution in [0.5, 0.6) is 0 Å². The predicted octanol–water partition coefficient (Wildman–Crippen LogP) is 0.576. The monoisotopic (exact) mass is 240 g/mol. The van der Waals surface area contributed by atoms with E-state index in [1.807, 2.05) is 13.8 Å². The van der Waals surface area contributed by atoms with E-state index in [2.05, 4.69) is 15.0 Å². The maximum absolute atomic E-state index is 5.92. The van der Waals surface area contributed by atoms with Crippen molar-refractivity contribution in [3.05, 3.63) is 5.89 Å². The van der Waals surface area contributed by atoms with Crippen molar-refractivity contribution in [1.29, 1.82) is 0 Å². The minimum absolute atomic E-state index is 0.201. The van der Waals surface area contributed by atoms with Crippen LogP contribution in [0.2, 0.25) is 0 Å². The third-order valence-electron chi connectivity index (χ3n) is 2.73. The summed E-state index contributed by atoms with van der Waals surface area (Å²) in [6.45, 7) is 7.07. The molecule has 0 unspecified atom stereocenters. The molecule has 0 bridgehead atoms. The molecule has 1 saturated heterocycles. The van der Waals surface area contributed by atoms with Gasteiger partial charge in [0.25, 0.3) is 5.95 Å². The summed E-state index contributed by atoms with van der Waals surface area (Å²) in [5.41, 5.74) is 5.72.